The Morgan fingerprint density at radius 1 is 1.41 bits per heavy atom. The summed E-state index contributed by atoms with van der Waals surface area (Å²) >= 11 is 5.97. The van der Waals surface area contributed by atoms with Gasteiger partial charge >= 0.3 is 0 Å². The molecule has 0 radical (unpaired) electrons. The van der Waals surface area contributed by atoms with Gasteiger partial charge in [0, 0.05) is 18.7 Å². The number of benzene rings is 1. The molecule has 0 aliphatic rings. The zero-order valence-corrected chi connectivity index (χ0v) is 11.4. The average molecular weight is 258 g/mol. The molecule has 3 nitrogen and oxygen atoms in total. The standard InChI is InChI=1S/C13H20ClNO2/c1-4-17-13-6-5-11(14)7-12(13)15-8-10(2)9-16-3/h5-7,10,15H,4,8-9H2,1-3H3. The molecule has 0 aliphatic carbocycles. The second-order valence-electron chi connectivity index (χ2n) is 4.01. The molecule has 0 fully saturated rings. The van der Waals surface area contributed by atoms with Gasteiger partial charge in [-0.05, 0) is 31.0 Å². The van der Waals surface area contributed by atoms with E-state index in [0.717, 1.165) is 24.6 Å². The maximum absolute atomic E-state index is 5.97. The Bertz CT molecular complexity index is 344. The van der Waals surface area contributed by atoms with Crippen LogP contribution in [0.15, 0.2) is 18.2 Å². The topological polar surface area (TPSA) is 30.5 Å². The molecule has 0 saturated carbocycles. The molecule has 0 heterocycles. The number of hydrogen-bond acceptors (Lipinski definition) is 3. The van der Waals surface area contributed by atoms with Gasteiger partial charge in [-0.15, -0.1) is 0 Å². The number of methoxy groups -OCH3 is 1. The quantitative estimate of drug-likeness (QED) is 0.812. The van der Waals surface area contributed by atoms with Crippen LogP contribution in [0.5, 0.6) is 5.75 Å². The first-order valence-corrected chi connectivity index (χ1v) is 6.20. The number of nitrogens with one attached hydrogen (secondary N) is 1. The van der Waals surface area contributed by atoms with Crippen molar-refractivity contribution in [2.45, 2.75) is 13.8 Å². The van der Waals surface area contributed by atoms with Crippen LogP contribution >= 0.6 is 11.6 Å². The van der Waals surface area contributed by atoms with Crippen molar-refractivity contribution >= 4 is 17.3 Å². The summed E-state index contributed by atoms with van der Waals surface area (Å²) in [7, 11) is 1.71. The van der Waals surface area contributed by atoms with E-state index >= 15 is 0 Å². The van der Waals surface area contributed by atoms with E-state index < -0.39 is 0 Å². The Labute approximate surface area is 108 Å². The zero-order chi connectivity index (χ0) is 12.7. The highest BCUT2D eigenvalue weighted by Crippen LogP contribution is 2.28. The number of anilines is 1. The van der Waals surface area contributed by atoms with Crippen molar-refractivity contribution in [3.05, 3.63) is 23.2 Å². The number of ether oxygens (including phenoxy) is 2. The molecule has 17 heavy (non-hydrogen) atoms. The molecule has 0 aliphatic heterocycles. The Balaban J connectivity index is 2.64. The van der Waals surface area contributed by atoms with E-state index in [-0.39, 0.29) is 0 Å². The largest absolute Gasteiger partial charge is 0.492 e. The van der Waals surface area contributed by atoms with Crippen LogP contribution in [-0.2, 0) is 4.74 Å². The lowest BCUT2D eigenvalue weighted by atomic mass is 10.2. The molecule has 0 bridgehead atoms. The lowest BCUT2D eigenvalue weighted by Crippen LogP contribution is -2.16. The van der Waals surface area contributed by atoms with Crippen molar-refractivity contribution in [3.8, 4) is 5.75 Å². The van der Waals surface area contributed by atoms with Crippen molar-refractivity contribution in [2.24, 2.45) is 5.92 Å². The minimum atomic E-state index is 0.438. The minimum Gasteiger partial charge on any atom is -0.492 e. The number of halogens is 1. The van der Waals surface area contributed by atoms with E-state index in [1.165, 1.54) is 0 Å². The molecule has 0 aromatic heterocycles. The first-order valence-electron chi connectivity index (χ1n) is 5.82. The van der Waals surface area contributed by atoms with Crippen LogP contribution in [0.1, 0.15) is 13.8 Å². The normalized spacial score (nSPS) is 12.2. The maximum atomic E-state index is 5.97. The van der Waals surface area contributed by atoms with Gasteiger partial charge in [0.15, 0.2) is 0 Å². The number of hydrogen-bond donors (Lipinski definition) is 1. The van der Waals surface area contributed by atoms with Crippen LogP contribution in [0, 0.1) is 5.92 Å². The molecule has 1 N–H and O–H groups in total. The van der Waals surface area contributed by atoms with Gasteiger partial charge in [0.25, 0.3) is 0 Å². The molecule has 0 spiro atoms. The summed E-state index contributed by atoms with van der Waals surface area (Å²) in [6.07, 6.45) is 0. The summed E-state index contributed by atoms with van der Waals surface area (Å²) in [6, 6.07) is 5.59. The predicted octanol–water partition coefficient (Wildman–Crippen LogP) is 3.43. The third-order valence-corrected chi connectivity index (χ3v) is 2.57. The van der Waals surface area contributed by atoms with E-state index in [0.29, 0.717) is 17.5 Å². The Hall–Kier alpha value is -0.930. The third-order valence-electron chi connectivity index (χ3n) is 2.33. The van der Waals surface area contributed by atoms with Crippen molar-refractivity contribution < 1.29 is 9.47 Å². The SMILES string of the molecule is CCOc1ccc(Cl)cc1NCC(C)COC. The molecule has 0 amide bonds. The van der Waals surface area contributed by atoms with Crippen LogP contribution in [0.4, 0.5) is 5.69 Å². The first-order chi connectivity index (χ1) is 8.17. The second kappa shape index (κ2) is 7.41. The van der Waals surface area contributed by atoms with Gasteiger partial charge < -0.3 is 14.8 Å². The van der Waals surface area contributed by atoms with Crippen molar-refractivity contribution in [2.75, 3.05) is 32.2 Å². The van der Waals surface area contributed by atoms with Crippen molar-refractivity contribution in [1.29, 1.82) is 0 Å². The minimum absolute atomic E-state index is 0.438. The fraction of sp³-hybridized carbons (Fsp3) is 0.538. The van der Waals surface area contributed by atoms with Crippen molar-refractivity contribution in [1.82, 2.24) is 0 Å². The molecule has 1 aromatic rings. The van der Waals surface area contributed by atoms with Gasteiger partial charge in [-0.25, -0.2) is 0 Å². The Morgan fingerprint density at radius 3 is 2.82 bits per heavy atom. The highest BCUT2D eigenvalue weighted by Gasteiger charge is 2.06. The lowest BCUT2D eigenvalue weighted by molar-refractivity contribution is 0.164. The summed E-state index contributed by atoms with van der Waals surface area (Å²) in [5.74, 6) is 1.27. The molecule has 1 atom stereocenters. The smallest absolute Gasteiger partial charge is 0.142 e. The van der Waals surface area contributed by atoms with E-state index in [1.54, 1.807) is 7.11 Å². The van der Waals surface area contributed by atoms with E-state index in [2.05, 4.69) is 12.2 Å². The van der Waals surface area contributed by atoms with Gasteiger partial charge in [-0.3, -0.25) is 0 Å². The van der Waals surface area contributed by atoms with Gasteiger partial charge in [0.1, 0.15) is 5.75 Å². The molecule has 96 valence electrons. The van der Waals surface area contributed by atoms with Crippen molar-refractivity contribution in [3.63, 3.8) is 0 Å². The first kappa shape index (κ1) is 14.1. The van der Waals surface area contributed by atoms with Gasteiger partial charge in [-0.2, -0.15) is 0 Å². The fourth-order valence-corrected chi connectivity index (χ4v) is 1.72. The molecule has 1 rings (SSSR count). The molecular formula is C13H20ClNO2. The second-order valence-corrected chi connectivity index (χ2v) is 4.45. The predicted molar refractivity (Wildman–Crippen MR) is 72.2 cm³/mol. The zero-order valence-electron chi connectivity index (χ0n) is 10.6. The average Bonchev–Trinajstić information content (AvgIpc) is 2.30. The molecule has 0 saturated heterocycles. The Morgan fingerprint density at radius 2 is 2.18 bits per heavy atom. The Kier molecular flexibility index (Phi) is 6.16. The summed E-state index contributed by atoms with van der Waals surface area (Å²) in [5, 5.41) is 4.04. The van der Waals surface area contributed by atoms with Gasteiger partial charge in [0.05, 0.1) is 18.9 Å². The molecule has 1 aromatic carbocycles. The molecular weight excluding hydrogens is 238 g/mol. The summed E-state index contributed by atoms with van der Waals surface area (Å²) < 4.78 is 10.6. The highest BCUT2D eigenvalue weighted by atomic mass is 35.5. The molecule has 1 unspecified atom stereocenters. The van der Waals surface area contributed by atoms with Crippen LogP contribution in [0.3, 0.4) is 0 Å². The summed E-state index contributed by atoms with van der Waals surface area (Å²) in [4.78, 5) is 0. The monoisotopic (exact) mass is 257 g/mol. The van der Waals surface area contributed by atoms with E-state index in [1.807, 2.05) is 25.1 Å². The van der Waals surface area contributed by atoms with Gasteiger partial charge in [-0.1, -0.05) is 18.5 Å². The summed E-state index contributed by atoms with van der Waals surface area (Å²) in [6.45, 7) is 6.29. The van der Waals surface area contributed by atoms with Gasteiger partial charge in [0.2, 0.25) is 0 Å². The third kappa shape index (κ3) is 4.84. The van der Waals surface area contributed by atoms with Crippen LogP contribution in [0.2, 0.25) is 5.02 Å². The fourth-order valence-electron chi connectivity index (χ4n) is 1.55. The number of rotatable bonds is 7. The van der Waals surface area contributed by atoms with Crippen LogP contribution in [-0.4, -0.2) is 26.9 Å². The van der Waals surface area contributed by atoms with Crippen LogP contribution in [0.25, 0.3) is 0 Å². The van der Waals surface area contributed by atoms with E-state index in [9.17, 15) is 0 Å². The molecule has 4 heteroatoms. The highest BCUT2D eigenvalue weighted by molar-refractivity contribution is 6.30. The maximum Gasteiger partial charge on any atom is 0.142 e. The van der Waals surface area contributed by atoms with Crippen LogP contribution < -0.4 is 10.1 Å². The van der Waals surface area contributed by atoms with E-state index in [4.69, 9.17) is 21.1 Å². The lowest BCUT2D eigenvalue weighted by Gasteiger charge is -2.16. The summed E-state index contributed by atoms with van der Waals surface area (Å²) in [5.41, 5.74) is 0.933.